The van der Waals surface area contributed by atoms with Gasteiger partial charge in [0.1, 0.15) is 5.82 Å². The summed E-state index contributed by atoms with van der Waals surface area (Å²) in [6.07, 6.45) is 3.64. The third kappa shape index (κ3) is 1.76. The fourth-order valence-electron chi connectivity index (χ4n) is 1.37. The largest absolute Gasteiger partial charge is 0.481 e. The SMILES string of the molecule is COc1ccc(-c2cnn(C)c2)c(N)n1. The van der Waals surface area contributed by atoms with Crippen LogP contribution in [0.25, 0.3) is 11.1 Å². The van der Waals surface area contributed by atoms with E-state index >= 15 is 0 Å². The molecule has 2 N–H and O–H groups in total. The Hall–Kier alpha value is -2.04. The molecule has 0 atom stereocenters. The van der Waals surface area contributed by atoms with Crippen molar-refractivity contribution >= 4 is 5.82 Å². The van der Waals surface area contributed by atoms with Crippen molar-refractivity contribution in [1.29, 1.82) is 0 Å². The second-order valence-corrected chi connectivity index (χ2v) is 3.19. The van der Waals surface area contributed by atoms with E-state index in [0.717, 1.165) is 11.1 Å². The zero-order valence-corrected chi connectivity index (χ0v) is 8.64. The highest BCUT2D eigenvalue weighted by Gasteiger charge is 2.06. The van der Waals surface area contributed by atoms with E-state index in [-0.39, 0.29) is 0 Å². The lowest BCUT2D eigenvalue weighted by atomic mass is 10.1. The lowest BCUT2D eigenvalue weighted by Crippen LogP contribution is -1.96. The van der Waals surface area contributed by atoms with Crippen LogP contribution >= 0.6 is 0 Å². The molecular formula is C10H12N4O. The molecule has 0 aliphatic heterocycles. The van der Waals surface area contributed by atoms with Gasteiger partial charge in [0.2, 0.25) is 5.88 Å². The van der Waals surface area contributed by atoms with Crippen molar-refractivity contribution in [1.82, 2.24) is 14.8 Å². The van der Waals surface area contributed by atoms with Crippen LogP contribution in [0.4, 0.5) is 5.82 Å². The maximum Gasteiger partial charge on any atom is 0.214 e. The smallest absolute Gasteiger partial charge is 0.214 e. The van der Waals surface area contributed by atoms with Crippen molar-refractivity contribution in [2.24, 2.45) is 7.05 Å². The van der Waals surface area contributed by atoms with E-state index in [1.54, 1.807) is 24.1 Å². The molecule has 2 heterocycles. The topological polar surface area (TPSA) is 66.0 Å². The fourth-order valence-corrected chi connectivity index (χ4v) is 1.37. The molecule has 0 fully saturated rings. The third-order valence-corrected chi connectivity index (χ3v) is 2.12. The number of ether oxygens (including phenoxy) is 1. The van der Waals surface area contributed by atoms with Gasteiger partial charge in [-0.15, -0.1) is 0 Å². The number of hydrogen-bond donors (Lipinski definition) is 1. The minimum Gasteiger partial charge on any atom is -0.481 e. The molecule has 5 nitrogen and oxygen atoms in total. The molecule has 0 aromatic carbocycles. The van der Waals surface area contributed by atoms with Gasteiger partial charge in [-0.3, -0.25) is 4.68 Å². The molecule has 2 aromatic rings. The average molecular weight is 204 g/mol. The minimum absolute atomic E-state index is 0.447. The highest BCUT2D eigenvalue weighted by Crippen LogP contribution is 2.25. The first-order chi connectivity index (χ1) is 7.20. The number of nitrogen functional groups attached to an aromatic ring is 1. The molecule has 0 bridgehead atoms. The molecule has 0 aliphatic carbocycles. The third-order valence-electron chi connectivity index (χ3n) is 2.12. The number of aryl methyl sites for hydroxylation is 1. The first kappa shape index (κ1) is 9.51. The van der Waals surface area contributed by atoms with Crippen molar-refractivity contribution in [2.75, 3.05) is 12.8 Å². The maximum absolute atomic E-state index is 5.81. The van der Waals surface area contributed by atoms with E-state index in [2.05, 4.69) is 10.1 Å². The summed E-state index contributed by atoms with van der Waals surface area (Å²) in [4.78, 5) is 4.10. The van der Waals surface area contributed by atoms with Gasteiger partial charge in [-0.1, -0.05) is 0 Å². The van der Waals surface area contributed by atoms with Crippen LogP contribution in [-0.4, -0.2) is 21.9 Å². The Labute approximate surface area is 87.5 Å². The molecule has 0 saturated heterocycles. The van der Waals surface area contributed by atoms with Gasteiger partial charge in [-0.05, 0) is 6.07 Å². The van der Waals surface area contributed by atoms with Crippen LogP contribution in [0.2, 0.25) is 0 Å². The van der Waals surface area contributed by atoms with Gasteiger partial charge in [0.15, 0.2) is 0 Å². The molecular weight excluding hydrogens is 192 g/mol. The molecule has 0 spiro atoms. The average Bonchev–Trinajstić information content (AvgIpc) is 2.64. The zero-order valence-electron chi connectivity index (χ0n) is 8.64. The van der Waals surface area contributed by atoms with Crippen LogP contribution in [-0.2, 0) is 7.05 Å². The van der Waals surface area contributed by atoms with E-state index < -0.39 is 0 Å². The number of anilines is 1. The molecule has 2 rings (SSSR count). The quantitative estimate of drug-likeness (QED) is 0.794. The number of nitrogens with two attached hydrogens (primary N) is 1. The Morgan fingerprint density at radius 3 is 2.73 bits per heavy atom. The summed E-state index contributed by atoms with van der Waals surface area (Å²) in [5.41, 5.74) is 7.62. The zero-order chi connectivity index (χ0) is 10.8. The maximum atomic E-state index is 5.81. The standard InChI is InChI=1S/C10H12N4O/c1-14-6-7(5-12-14)8-3-4-9(15-2)13-10(8)11/h3-6H,1-2H3,(H2,11,13). The van der Waals surface area contributed by atoms with Crippen LogP contribution in [0.1, 0.15) is 0 Å². The van der Waals surface area contributed by atoms with Gasteiger partial charge in [0.25, 0.3) is 0 Å². The van der Waals surface area contributed by atoms with Crippen LogP contribution < -0.4 is 10.5 Å². The lowest BCUT2D eigenvalue weighted by Gasteiger charge is -2.04. The Morgan fingerprint density at radius 2 is 2.20 bits per heavy atom. The second kappa shape index (κ2) is 3.61. The van der Waals surface area contributed by atoms with Crippen molar-refractivity contribution < 1.29 is 4.74 Å². The van der Waals surface area contributed by atoms with Gasteiger partial charge in [-0.2, -0.15) is 10.1 Å². The van der Waals surface area contributed by atoms with E-state index in [4.69, 9.17) is 10.5 Å². The van der Waals surface area contributed by atoms with Crippen LogP contribution in [0, 0.1) is 0 Å². The summed E-state index contributed by atoms with van der Waals surface area (Å²) < 4.78 is 6.70. The summed E-state index contributed by atoms with van der Waals surface area (Å²) in [7, 11) is 3.42. The summed E-state index contributed by atoms with van der Waals surface area (Å²) in [5.74, 6) is 0.961. The molecule has 0 radical (unpaired) electrons. The highest BCUT2D eigenvalue weighted by atomic mass is 16.5. The van der Waals surface area contributed by atoms with Gasteiger partial charge in [0.05, 0.1) is 13.3 Å². The molecule has 78 valence electrons. The Kier molecular flexibility index (Phi) is 2.29. The Morgan fingerprint density at radius 1 is 1.40 bits per heavy atom. The second-order valence-electron chi connectivity index (χ2n) is 3.19. The number of nitrogens with zero attached hydrogens (tertiary/aromatic N) is 3. The number of hydrogen-bond acceptors (Lipinski definition) is 4. The first-order valence-corrected chi connectivity index (χ1v) is 4.50. The Bertz CT molecular complexity index is 478. The van der Waals surface area contributed by atoms with E-state index in [1.807, 2.05) is 19.3 Å². The minimum atomic E-state index is 0.447. The summed E-state index contributed by atoms with van der Waals surface area (Å²) in [6.45, 7) is 0. The molecule has 0 saturated carbocycles. The fraction of sp³-hybridized carbons (Fsp3) is 0.200. The first-order valence-electron chi connectivity index (χ1n) is 4.50. The summed E-state index contributed by atoms with van der Waals surface area (Å²) in [5, 5.41) is 4.08. The van der Waals surface area contributed by atoms with Crippen molar-refractivity contribution in [3.8, 4) is 17.0 Å². The molecule has 0 unspecified atom stereocenters. The Balaban J connectivity index is 2.45. The van der Waals surface area contributed by atoms with E-state index in [0.29, 0.717) is 11.7 Å². The number of aromatic nitrogens is 3. The molecule has 5 heteroatoms. The van der Waals surface area contributed by atoms with Gasteiger partial charge in [-0.25, -0.2) is 0 Å². The van der Waals surface area contributed by atoms with Crippen molar-refractivity contribution in [3.05, 3.63) is 24.5 Å². The highest BCUT2D eigenvalue weighted by molar-refractivity contribution is 5.73. The molecule has 0 amide bonds. The summed E-state index contributed by atoms with van der Waals surface area (Å²) >= 11 is 0. The molecule has 0 aliphatic rings. The van der Waals surface area contributed by atoms with Crippen LogP contribution in [0.3, 0.4) is 0 Å². The van der Waals surface area contributed by atoms with Crippen LogP contribution in [0.5, 0.6) is 5.88 Å². The number of methoxy groups -OCH3 is 1. The number of pyridine rings is 1. The predicted molar refractivity (Wildman–Crippen MR) is 57.4 cm³/mol. The van der Waals surface area contributed by atoms with Gasteiger partial charge in [0, 0.05) is 30.4 Å². The predicted octanol–water partition coefficient (Wildman–Crippen LogP) is 1.07. The van der Waals surface area contributed by atoms with E-state index in [9.17, 15) is 0 Å². The molecule has 2 aromatic heterocycles. The molecule has 15 heavy (non-hydrogen) atoms. The monoisotopic (exact) mass is 204 g/mol. The van der Waals surface area contributed by atoms with E-state index in [1.165, 1.54) is 0 Å². The summed E-state index contributed by atoms with van der Waals surface area (Å²) in [6, 6.07) is 3.65. The van der Waals surface area contributed by atoms with Gasteiger partial charge >= 0.3 is 0 Å². The van der Waals surface area contributed by atoms with Crippen LogP contribution in [0.15, 0.2) is 24.5 Å². The van der Waals surface area contributed by atoms with Crippen molar-refractivity contribution in [3.63, 3.8) is 0 Å². The lowest BCUT2D eigenvalue weighted by molar-refractivity contribution is 0.398. The van der Waals surface area contributed by atoms with Crippen molar-refractivity contribution in [2.45, 2.75) is 0 Å². The normalized spacial score (nSPS) is 10.3. The number of rotatable bonds is 2. The van der Waals surface area contributed by atoms with Gasteiger partial charge < -0.3 is 10.5 Å².